The number of hydrogen-bond acceptors (Lipinski definition) is 5. The Bertz CT molecular complexity index is 1010. The Labute approximate surface area is 189 Å². The molecule has 0 spiro atoms. The van der Waals surface area contributed by atoms with Gasteiger partial charge in [0.1, 0.15) is 5.75 Å². The number of aryl methyl sites for hydroxylation is 1. The number of ether oxygens (including phenoxy) is 1. The molecule has 1 aromatic heterocycles. The molecule has 1 aliphatic rings. The molecule has 2 heterocycles. The van der Waals surface area contributed by atoms with E-state index in [0.717, 1.165) is 48.0 Å². The third-order valence-corrected chi connectivity index (χ3v) is 5.62. The Morgan fingerprint density at radius 3 is 2.22 bits per heavy atom. The molecule has 0 atom stereocenters. The lowest BCUT2D eigenvalue weighted by atomic mass is 10.1. The summed E-state index contributed by atoms with van der Waals surface area (Å²) in [6.07, 6.45) is 1.02. The molecule has 2 aromatic carbocycles. The second-order valence-corrected chi connectivity index (χ2v) is 7.69. The maximum atomic E-state index is 12.6. The lowest BCUT2D eigenvalue weighted by molar-refractivity contribution is 0.208. The molecule has 4 rings (SSSR count). The smallest absolute Gasteiger partial charge is 0.321 e. The zero-order valence-electron chi connectivity index (χ0n) is 18.6. The minimum Gasteiger partial charge on any atom is -0.494 e. The summed E-state index contributed by atoms with van der Waals surface area (Å²) < 4.78 is 5.44. The average molecular weight is 432 g/mol. The number of piperazine rings is 1. The normalized spacial score (nSPS) is 13.7. The van der Waals surface area contributed by atoms with Crippen LogP contribution >= 0.6 is 0 Å². The number of nitrogens with zero attached hydrogens (tertiary/aromatic N) is 4. The van der Waals surface area contributed by atoms with E-state index in [1.807, 2.05) is 48.2 Å². The van der Waals surface area contributed by atoms with Gasteiger partial charge < -0.3 is 19.9 Å². The van der Waals surface area contributed by atoms with Crippen LogP contribution in [0, 0.1) is 0 Å². The van der Waals surface area contributed by atoms with Crippen LogP contribution in [0.5, 0.6) is 5.75 Å². The molecule has 0 unspecified atom stereocenters. The van der Waals surface area contributed by atoms with E-state index in [-0.39, 0.29) is 6.03 Å². The number of amides is 2. The minimum absolute atomic E-state index is 0.0919. The summed E-state index contributed by atoms with van der Waals surface area (Å²) in [5.41, 5.74) is 4.00. The summed E-state index contributed by atoms with van der Waals surface area (Å²) in [6.45, 7) is 7.41. The maximum Gasteiger partial charge on any atom is 0.321 e. The summed E-state index contributed by atoms with van der Waals surface area (Å²) >= 11 is 0. The van der Waals surface area contributed by atoms with Crippen molar-refractivity contribution < 1.29 is 9.53 Å². The fraction of sp³-hybridized carbons (Fsp3) is 0.320. The molecule has 1 aliphatic heterocycles. The molecule has 1 N–H and O–H groups in total. The first kappa shape index (κ1) is 21.6. The average Bonchev–Trinajstić information content (AvgIpc) is 2.86. The molecule has 1 saturated heterocycles. The van der Waals surface area contributed by atoms with E-state index in [1.54, 1.807) is 0 Å². The molecular weight excluding hydrogens is 402 g/mol. The number of carbonyl (C=O) groups excluding carboxylic acids is 1. The van der Waals surface area contributed by atoms with E-state index >= 15 is 0 Å². The number of carbonyl (C=O) groups is 1. The van der Waals surface area contributed by atoms with E-state index in [2.05, 4.69) is 51.6 Å². The van der Waals surface area contributed by atoms with Crippen LogP contribution in [-0.4, -0.2) is 53.9 Å². The van der Waals surface area contributed by atoms with Gasteiger partial charge in [-0.05, 0) is 55.3 Å². The Morgan fingerprint density at radius 1 is 0.906 bits per heavy atom. The van der Waals surface area contributed by atoms with Crippen LogP contribution in [0.25, 0.3) is 11.3 Å². The fourth-order valence-electron chi connectivity index (χ4n) is 3.70. The molecule has 7 heteroatoms. The molecule has 1 fully saturated rings. The summed E-state index contributed by atoms with van der Waals surface area (Å²) in [4.78, 5) is 16.6. The highest BCUT2D eigenvalue weighted by Crippen LogP contribution is 2.21. The highest BCUT2D eigenvalue weighted by atomic mass is 16.5. The van der Waals surface area contributed by atoms with Gasteiger partial charge in [0, 0.05) is 37.4 Å². The van der Waals surface area contributed by atoms with Crippen molar-refractivity contribution in [3.05, 3.63) is 66.2 Å². The van der Waals surface area contributed by atoms with Crippen LogP contribution in [0.15, 0.2) is 60.7 Å². The molecule has 0 radical (unpaired) electrons. The number of benzene rings is 2. The van der Waals surface area contributed by atoms with E-state index < -0.39 is 0 Å². The zero-order chi connectivity index (χ0) is 22.3. The molecular formula is C25H29N5O2. The number of urea groups is 1. The van der Waals surface area contributed by atoms with Crippen molar-refractivity contribution in [2.75, 3.05) is 43.0 Å². The van der Waals surface area contributed by atoms with Gasteiger partial charge >= 0.3 is 6.03 Å². The lowest BCUT2D eigenvalue weighted by Gasteiger charge is -2.35. The van der Waals surface area contributed by atoms with E-state index in [9.17, 15) is 4.79 Å². The van der Waals surface area contributed by atoms with Crippen molar-refractivity contribution in [2.24, 2.45) is 0 Å². The number of nitrogens with one attached hydrogen (secondary N) is 1. The second kappa shape index (κ2) is 10.1. The first-order valence-electron chi connectivity index (χ1n) is 11.1. The van der Waals surface area contributed by atoms with Gasteiger partial charge in [-0.1, -0.05) is 31.2 Å². The van der Waals surface area contributed by atoms with Crippen molar-refractivity contribution in [1.82, 2.24) is 15.1 Å². The van der Waals surface area contributed by atoms with Gasteiger partial charge in [-0.2, -0.15) is 0 Å². The highest BCUT2D eigenvalue weighted by Gasteiger charge is 2.22. The quantitative estimate of drug-likeness (QED) is 0.624. The van der Waals surface area contributed by atoms with Crippen molar-refractivity contribution in [2.45, 2.75) is 20.3 Å². The number of hydrogen-bond donors (Lipinski definition) is 1. The standard InChI is InChI=1S/C25H29N5O2/c1-3-19-5-7-20(8-6-19)23-13-14-24(28-27-23)29-15-17-30(18-16-29)25(31)26-21-9-11-22(12-10-21)32-4-2/h5-14H,3-4,15-18H2,1-2H3,(H,26,31). The predicted octanol–water partition coefficient (Wildman–Crippen LogP) is 4.46. The topological polar surface area (TPSA) is 70.6 Å². The fourth-order valence-corrected chi connectivity index (χ4v) is 3.70. The van der Waals surface area contributed by atoms with Gasteiger partial charge in [0.15, 0.2) is 5.82 Å². The maximum absolute atomic E-state index is 12.6. The van der Waals surface area contributed by atoms with Crippen LogP contribution in [0.2, 0.25) is 0 Å². The number of anilines is 2. The Hall–Kier alpha value is -3.61. The lowest BCUT2D eigenvalue weighted by Crippen LogP contribution is -2.50. The third-order valence-electron chi connectivity index (χ3n) is 5.62. The van der Waals surface area contributed by atoms with E-state index in [4.69, 9.17) is 4.74 Å². The van der Waals surface area contributed by atoms with Crippen LogP contribution in [0.3, 0.4) is 0 Å². The van der Waals surface area contributed by atoms with Crippen molar-refractivity contribution in [1.29, 1.82) is 0 Å². The van der Waals surface area contributed by atoms with Crippen LogP contribution < -0.4 is 15.0 Å². The van der Waals surface area contributed by atoms with Gasteiger partial charge in [0.25, 0.3) is 0 Å². The molecule has 7 nitrogen and oxygen atoms in total. The van der Waals surface area contributed by atoms with Crippen molar-refractivity contribution >= 4 is 17.5 Å². The molecule has 166 valence electrons. The zero-order valence-corrected chi connectivity index (χ0v) is 18.6. The molecule has 2 amide bonds. The second-order valence-electron chi connectivity index (χ2n) is 7.69. The summed E-state index contributed by atoms with van der Waals surface area (Å²) in [5, 5.41) is 11.8. The van der Waals surface area contributed by atoms with Gasteiger partial charge in [0.2, 0.25) is 0 Å². The van der Waals surface area contributed by atoms with Gasteiger partial charge in [-0.25, -0.2) is 4.79 Å². The SMILES string of the molecule is CCOc1ccc(NC(=O)N2CCN(c3ccc(-c4ccc(CC)cc4)nn3)CC2)cc1. The number of aromatic nitrogens is 2. The van der Waals surface area contributed by atoms with Crippen LogP contribution in [0.4, 0.5) is 16.3 Å². The summed E-state index contributed by atoms with van der Waals surface area (Å²) in [7, 11) is 0. The minimum atomic E-state index is -0.0919. The Balaban J connectivity index is 1.30. The van der Waals surface area contributed by atoms with Gasteiger partial charge in [-0.15, -0.1) is 10.2 Å². The summed E-state index contributed by atoms with van der Waals surface area (Å²) in [6, 6.07) is 19.8. The first-order valence-corrected chi connectivity index (χ1v) is 11.1. The Kier molecular flexibility index (Phi) is 6.84. The van der Waals surface area contributed by atoms with Crippen molar-refractivity contribution in [3.8, 4) is 17.0 Å². The highest BCUT2D eigenvalue weighted by molar-refractivity contribution is 5.89. The summed E-state index contributed by atoms with van der Waals surface area (Å²) in [5.74, 6) is 1.63. The van der Waals surface area contributed by atoms with Crippen molar-refractivity contribution in [3.63, 3.8) is 0 Å². The first-order chi connectivity index (χ1) is 15.7. The van der Waals surface area contributed by atoms with Crippen LogP contribution in [0.1, 0.15) is 19.4 Å². The monoisotopic (exact) mass is 431 g/mol. The number of rotatable bonds is 6. The van der Waals surface area contributed by atoms with Gasteiger partial charge in [0.05, 0.1) is 12.3 Å². The Morgan fingerprint density at radius 2 is 1.62 bits per heavy atom. The van der Waals surface area contributed by atoms with E-state index in [0.29, 0.717) is 19.7 Å². The molecule has 3 aromatic rings. The molecule has 32 heavy (non-hydrogen) atoms. The molecule has 0 bridgehead atoms. The molecule has 0 saturated carbocycles. The van der Waals surface area contributed by atoms with Gasteiger partial charge in [-0.3, -0.25) is 0 Å². The third kappa shape index (κ3) is 5.17. The van der Waals surface area contributed by atoms with E-state index in [1.165, 1.54) is 5.56 Å². The largest absolute Gasteiger partial charge is 0.494 e. The molecule has 0 aliphatic carbocycles. The predicted molar refractivity (Wildman–Crippen MR) is 127 cm³/mol. The van der Waals surface area contributed by atoms with Crippen LogP contribution in [-0.2, 0) is 6.42 Å².